The van der Waals surface area contributed by atoms with Crippen LogP contribution in [0.5, 0.6) is 5.75 Å². The second kappa shape index (κ2) is 11.1. The Kier molecular flexibility index (Phi) is 8.29. The zero-order valence-corrected chi connectivity index (χ0v) is 19.2. The zero-order valence-electron chi connectivity index (χ0n) is 19.2. The molecule has 1 unspecified atom stereocenters. The van der Waals surface area contributed by atoms with Crippen LogP contribution >= 0.6 is 0 Å². The number of nitriles is 1. The Morgan fingerprint density at radius 1 is 1.10 bits per heavy atom. The molecule has 1 fully saturated rings. The summed E-state index contributed by atoms with van der Waals surface area (Å²) >= 11 is 0. The van der Waals surface area contributed by atoms with Crippen molar-refractivity contribution in [2.75, 3.05) is 0 Å². The van der Waals surface area contributed by atoms with E-state index in [1.165, 1.54) is 44.1 Å². The molecule has 3 heteroatoms. The normalized spacial score (nSPS) is 19.4. The lowest BCUT2D eigenvalue weighted by Gasteiger charge is -2.28. The molecule has 1 aliphatic rings. The molecule has 0 amide bonds. The van der Waals surface area contributed by atoms with Gasteiger partial charge in [-0.05, 0) is 85.3 Å². The quantitative estimate of drug-likeness (QED) is 0.331. The fourth-order valence-electron chi connectivity index (χ4n) is 4.67. The minimum atomic E-state index is -0.413. The number of carbonyl (C=O) groups is 1. The third-order valence-corrected chi connectivity index (χ3v) is 6.81. The van der Waals surface area contributed by atoms with E-state index in [0.29, 0.717) is 28.7 Å². The van der Waals surface area contributed by atoms with Crippen LogP contribution in [0.4, 0.5) is 0 Å². The van der Waals surface area contributed by atoms with Crippen molar-refractivity contribution in [1.82, 2.24) is 0 Å². The molecule has 3 rings (SSSR count). The maximum Gasteiger partial charge on any atom is 0.343 e. The van der Waals surface area contributed by atoms with Gasteiger partial charge in [0.05, 0.1) is 11.1 Å². The second-order valence-corrected chi connectivity index (χ2v) is 9.18. The fourth-order valence-corrected chi connectivity index (χ4v) is 4.67. The summed E-state index contributed by atoms with van der Waals surface area (Å²) in [7, 11) is 0. The molecular weight excluding hydrogens is 382 g/mol. The summed E-state index contributed by atoms with van der Waals surface area (Å²) in [5, 5.41) is 9.51. The summed E-state index contributed by atoms with van der Waals surface area (Å²) in [5.41, 5.74) is 3.35. The van der Waals surface area contributed by atoms with Gasteiger partial charge in [0.15, 0.2) is 0 Å². The monoisotopic (exact) mass is 417 g/mol. The van der Waals surface area contributed by atoms with E-state index < -0.39 is 5.97 Å². The number of esters is 1. The first-order chi connectivity index (χ1) is 15.0. The maximum atomic E-state index is 12.7. The number of hydrogen-bond donors (Lipinski definition) is 0. The summed E-state index contributed by atoms with van der Waals surface area (Å²) in [4.78, 5) is 12.7. The Labute approximate surface area is 187 Å². The van der Waals surface area contributed by atoms with Crippen molar-refractivity contribution in [3.8, 4) is 11.8 Å². The highest BCUT2D eigenvalue weighted by molar-refractivity contribution is 5.91. The molecule has 0 spiro atoms. The van der Waals surface area contributed by atoms with Gasteiger partial charge in [-0.1, -0.05) is 58.2 Å². The van der Waals surface area contributed by atoms with E-state index in [2.05, 4.69) is 39.0 Å². The largest absolute Gasteiger partial charge is 0.422 e. The number of benzene rings is 2. The molecule has 1 aliphatic carbocycles. The predicted molar refractivity (Wildman–Crippen MR) is 125 cm³/mol. The van der Waals surface area contributed by atoms with E-state index in [0.717, 1.165) is 24.3 Å². The summed E-state index contributed by atoms with van der Waals surface area (Å²) in [6, 6.07) is 15.6. The van der Waals surface area contributed by atoms with E-state index in [4.69, 9.17) is 4.74 Å². The molecule has 1 saturated carbocycles. The van der Waals surface area contributed by atoms with Crippen molar-refractivity contribution in [1.29, 1.82) is 5.26 Å². The summed E-state index contributed by atoms with van der Waals surface area (Å²) in [5.74, 6) is 1.96. The number of ether oxygens (including phenoxy) is 1. The van der Waals surface area contributed by atoms with E-state index >= 15 is 0 Å². The van der Waals surface area contributed by atoms with Crippen molar-refractivity contribution < 1.29 is 9.53 Å². The van der Waals surface area contributed by atoms with Crippen molar-refractivity contribution >= 4 is 5.97 Å². The van der Waals surface area contributed by atoms with Crippen molar-refractivity contribution in [3.63, 3.8) is 0 Å². The Balaban J connectivity index is 1.63. The number of nitrogens with zero attached hydrogens (tertiary/aromatic N) is 1. The lowest BCUT2D eigenvalue weighted by Crippen LogP contribution is -2.14. The molecule has 2 aromatic rings. The van der Waals surface area contributed by atoms with Gasteiger partial charge < -0.3 is 4.74 Å². The van der Waals surface area contributed by atoms with Crippen LogP contribution in [0.1, 0.15) is 98.7 Å². The fraction of sp³-hybridized carbons (Fsp3) is 0.500. The highest BCUT2D eigenvalue weighted by Gasteiger charge is 2.22. The van der Waals surface area contributed by atoms with E-state index in [9.17, 15) is 10.1 Å². The lowest BCUT2D eigenvalue weighted by atomic mass is 9.77. The standard InChI is InChI=1S/C28H35NO2/c1-4-6-21-7-10-23(11-8-21)24-12-14-25(15-13-24)28(30)31-27-16-9-22(17-20(3)5-2)18-26(27)19-29/h9,12-16,18,20-21,23H,4-8,10-11,17H2,1-3H3. The van der Waals surface area contributed by atoms with E-state index in [-0.39, 0.29) is 0 Å². The molecule has 164 valence electrons. The van der Waals surface area contributed by atoms with Gasteiger partial charge >= 0.3 is 5.97 Å². The van der Waals surface area contributed by atoms with Gasteiger partial charge in [0.2, 0.25) is 0 Å². The van der Waals surface area contributed by atoms with Crippen molar-refractivity contribution in [2.45, 2.75) is 78.1 Å². The highest BCUT2D eigenvalue weighted by Crippen LogP contribution is 2.37. The van der Waals surface area contributed by atoms with Gasteiger partial charge in [-0.2, -0.15) is 5.26 Å². The average molecular weight is 418 g/mol. The average Bonchev–Trinajstić information content (AvgIpc) is 2.80. The number of hydrogen-bond acceptors (Lipinski definition) is 3. The summed E-state index contributed by atoms with van der Waals surface area (Å²) in [6.07, 6.45) is 9.74. The molecular formula is C28H35NO2. The topological polar surface area (TPSA) is 50.1 Å². The second-order valence-electron chi connectivity index (χ2n) is 9.18. The smallest absolute Gasteiger partial charge is 0.343 e. The molecule has 0 aromatic heterocycles. The number of carbonyl (C=O) groups excluding carboxylic acids is 1. The molecule has 0 aliphatic heterocycles. The van der Waals surface area contributed by atoms with Gasteiger partial charge in [-0.3, -0.25) is 0 Å². The minimum absolute atomic E-state index is 0.332. The third kappa shape index (κ3) is 6.20. The number of rotatable bonds is 8. The van der Waals surface area contributed by atoms with Crippen LogP contribution in [0.25, 0.3) is 0 Å². The van der Waals surface area contributed by atoms with E-state index in [1.54, 1.807) is 6.07 Å². The van der Waals surface area contributed by atoms with Crippen molar-refractivity contribution in [3.05, 3.63) is 64.7 Å². The summed E-state index contributed by atoms with van der Waals surface area (Å²) in [6.45, 7) is 6.62. The highest BCUT2D eigenvalue weighted by atomic mass is 16.5. The minimum Gasteiger partial charge on any atom is -0.422 e. The molecule has 2 aromatic carbocycles. The van der Waals surface area contributed by atoms with Crippen LogP contribution in [0.2, 0.25) is 0 Å². The van der Waals surface area contributed by atoms with Crippen LogP contribution in [-0.4, -0.2) is 5.97 Å². The van der Waals surface area contributed by atoms with Crippen LogP contribution in [0.15, 0.2) is 42.5 Å². The maximum absolute atomic E-state index is 12.7. The van der Waals surface area contributed by atoms with Gasteiger partial charge in [-0.15, -0.1) is 0 Å². The molecule has 0 saturated heterocycles. The molecule has 0 heterocycles. The summed E-state index contributed by atoms with van der Waals surface area (Å²) < 4.78 is 5.57. The molecule has 1 atom stereocenters. The third-order valence-electron chi connectivity index (χ3n) is 6.81. The SMILES string of the molecule is CCCC1CCC(c2ccc(C(=O)Oc3ccc(CC(C)CC)cc3C#N)cc2)CC1. The first-order valence-electron chi connectivity index (χ1n) is 11.9. The first kappa shape index (κ1) is 23.1. The van der Waals surface area contributed by atoms with Crippen LogP contribution in [0.3, 0.4) is 0 Å². The van der Waals surface area contributed by atoms with Gasteiger partial charge in [-0.25, -0.2) is 4.79 Å². The van der Waals surface area contributed by atoms with Crippen molar-refractivity contribution in [2.24, 2.45) is 11.8 Å². The molecule has 0 N–H and O–H groups in total. The molecule has 0 bridgehead atoms. The van der Waals surface area contributed by atoms with Crippen LogP contribution < -0.4 is 4.74 Å². The van der Waals surface area contributed by atoms with Crippen LogP contribution in [0, 0.1) is 23.2 Å². The Morgan fingerprint density at radius 2 is 1.81 bits per heavy atom. The van der Waals surface area contributed by atoms with E-state index in [1.807, 2.05) is 24.3 Å². The first-order valence-corrected chi connectivity index (χ1v) is 11.9. The van der Waals surface area contributed by atoms with Crippen LogP contribution in [-0.2, 0) is 6.42 Å². The Hall–Kier alpha value is -2.60. The van der Waals surface area contributed by atoms with Gasteiger partial charge in [0.1, 0.15) is 11.8 Å². The Morgan fingerprint density at radius 3 is 2.42 bits per heavy atom. The van der Waals surface area contributed by atoms with Gasteiger partial charge in [0.25, 0.3) is 0 Å². The Bertz CT molecular complexity index is 902. The molecule has 31 heavy (non-hydrogen) atoms. The predicted octanol–water partition coefficient (Wildman–Crippen LogP) is 7.44. The van der Waals surface area contributed by atoms with Gasteiger partial charge in [0, 0.05) is 0 Å². The zero-order chi connectivity index (χ0) is 22.2. The lowest BCUT2D eigenvalue weighted by molar-refractivity contribution is 0.0734. The molecule has 3 nitrogen and oxygen atoms in total. The molecule has 0 radical (unpaired) electrons.